The first-order valence-corrected chi connectivity index (χ1v) is 10.8. The highest BCUT2D eigenvalue weighted by Crippen LogP contribution is 2.25. The molecule has 148 valence electrons. The maximum absolute atomic E-state index is 4.43. The SMILES string of the molecule is C[N+]1(Cc2ccc(N=Nc3ccc(C[N+]4(C)CCCC4)cc3)cc2)CCCC1. The highest BCUT2D eigenvalue weighted by Gasteiger charge is 2.27. The van der Waals surface area contributed by atoms with Crippen molar-refractivity contribution in [3.05, 3.63) is 59.7 Å². The average molecular weight is 379 g/mol. The van der Waals surface area contributed by atoms with Crippen LogP contribution in [0.25, 0.3) is 0 Å². The molecule has 0 unspecified atom stereocenters. The lowest BCUT2D eigenvalue weighted by Crippen LogP contribution is -2.39. The van der Waals surface area contributed by atoms with Gasteiger partial charge in [-0.15, -0.1) is 0 Å². The van der Waals surface area contributed by atoms with Gasteiger partial charge >= 0.3 is 0 Å². The van der Waals surface area contributed by atoms with Crippen molar-refractivity contribution in [2.45, 2.75) is 38.8 Å². The van der Waals surface area contributed by atoms with Gasteiger partial charge in [-0.25, -0.2) is 0 Å². The first-order valence-electron chi connectivity index (χ1n) is 10.8. The summed E-state index contributed by atoms with van der Waals surface area (Å²) in [5.74, 6) is 0. The van der Waals surface area contributed by atoms with E-state index in [1.54, 1.807) is 0 Å². The maximum Gasteiger partial charge on any atom is 0.104 e. The van der Waals surface area contributed by atoms with Crippen molar-refractivity contribution in [3.8, 4) is 0 Å². The number of azo groups is 1. The number of nitrogens with zero attached hydrogens (tertiary/aromatic N) is 4. The minimum Gasteiger partial charge on any atom is -0.322 e. The Balaban J connectivity index is 1.34. The van der Waals surface area contributed by atoms with E-state index in [-0.39, 0.29) is 0 Å². The first-order chi connectivity index (χ1) is 13.5. The summed E-state index contributed by atoms with van der Waals surface area (Å²) in [7, 11) is 4.74. The summed E-state index contributed by atoms with van der Waals surface area (Å²) >= 11 is 0. The molecule has 2 aliphatic heterocycles. The topological polar surface area (TPSA) is 24.7 Å². The molecule has 4 rings (SSSR count). The van der Waals surface area contributed by atoms with Crippen LogP contribution in [0.4, 0.5) is 11.4 Å². The quantitative estimate of drug-likeness (QED) is 0.463. The third-order valence-corrected chi connectivity index (χ3v) is 6.57. The molecule has 0 bridgehead atoms. The molecule has 2 aromatic rings. The molecule has 4 heteroatoms. The van der Waals surface area contributed by atoms with Crippen LogP contribution in [-0.4, -0.2) is 49.2 Å². The third kappa shape index (κ3) is 4.86. The van der Waals surface area contributed by atoms with Crippen molar-refractivity contribution in [1.29, 1.82) is 0 Å². The normalized spacial score (nSPS) is 20.8. The van der Waals surface area contributed by atoms with Crippen molar-refractivity contribution in [3.63, 3.8) is 0 Å². The van der Waals surface area contributed by atoms with Gasteiger partial charge in [-0.1, -0.05) is 24.3 Å². The summed E-state index contributed by atoms with van der Waals surface area (Å²) < 4.78 is 2.34. The molecule has 28 heavy (non-hydrogen) atoms. The van der Waals surface area contributed by atoms with Crippen LogP contribution in [0.15, 0.2) is 58.8 Å². The van der Waals surface area contributed by atoms with Gasteiger partial charge in [0.25, 0.3) is 0 Å². The first kappa shape index (κ1) is 19.3. The summed E-state index contributed by atoms with van der Waals surface area (Å²) in [4.78, 5) is 0. The van der Waals surface area contributed by atoms with Crippen LogP contribution in [0, 0.1) is 0 Å². The Morgan fingerprint density at radius 1 is 0.571 bits per heavy atom. The minimum absolute atomic E-state index is 0.923. The standard InChI is InChI=1S/C24H34N4/c1-27(15-3-4-16-27)19-21-7-11-23(12-8-21)25-26-24-13-9-22(10-14-24)20-28(2)17-5-6-18-28/h7-14H,3-6,15-20H2,1-2H3/q+2. The third-order valence-electron chi connectivity index (χ3n) is 6.57. The number of quaternary nitrogens is 2. The van der Waals surface area contributed by atoms with Gasteiger partial charge in [0.2, 0.25) is 0 Å². The second-order valence-electron chi connectivity index (χ2n) is 9.40. The Bertz CT molecular complexity index is 726. The Hall–Kier alpha value is -2.04. The monoisotopic (exact) mass is 378 g/mol. The van der Waals surface area contributed by atoms with Gasteiger partial charge in [-0.3, -0.25) is 0 Å². The minimum atomic E-state index is 0.923. The molecule has 0 amide bonds. The largest absolute Gasteiger partial charge is 0.322 e. The fourth-order valence-electron chi connectivity index (χ4n) is 4.85. The van der Waals surface area contributed by atoms with Gasteiger partial charge in [0.05, 0.1) is 51.6 Å². The highest BCUT2D eigenvalue weighted by molar-refractivity contribution is 5.42. The molecule has 0 radical (unpaired) electrons. The summed E-state index contributed by atoms with van der Waals surface area (Å²) in [6.07, 6.45) is 5.44. The molecule has 2 aliphatic rings. The van der Waals surface area contributed by atoms with Gasteiger partial charge < -0.3 is 8.97 Å². The maximum atomic E-state index is 4.43. The molecular weight excluding hydrogens is 344 g/mol. The number of benzene rings is 2. The van der Waals surface area contributed by atoms with Gasteiger partial charge in [-0.2, -0.15) is 10.2 Å². The van der Waals surface area contributed by atoms with E-state index < -0.39 is 0 Å². The van der Waals surface area contributed by atoms with Crippen molar-refractivity contribution >= 4 is 11.4 Å². The van der Waals surface area contributed by atoms with Gasteiger partial charge in [0, 0.05) is 36.8 Å². The molecule has 2 heterocycles. The molecule has 0 N–H and O–H groups in total. The molecule has 2 fully saturated rings. The summed E-state index contributed by atoms with van der Waals surface area (Å²) in [6, 6.07) is 17.2. The van der Waals surface area contributed by atoms with Crippen LogP contribution < -0.4 is 0 Å². The summed E-state index contributed by atoms with van der Waals surface area (Å²) in [5, 5.41) is 8.86. The molecule has 0 aliphatic carbocycles. The van der Waals surface area contributed by atoms with Gasteiger partial charge in [-0.05, 0) is 24.3 Å². The lowest BCUT2D eigenvalue weighted by Gasteiger charge is -2.29. The average Bonchev–Trinajstić information content (AvgIpc) is 3.31. The molecule has 0 atom stereocenters. The fraction of sp³-hybridized carbons (Fsp3) is 0.500. The zero-order valence-electron chi connectivity index (χ0n) is 17.5. The van der Waals surface area contributed by atoms with Crippen LogP contribution in [0.2, 0.25) is 0 Å². The van der Waals surface area contributed by atoms with E-state index in [0.717, 1.165) is 24.5 Å². The molecule has 4 nitrogen and oxygen atoms in total. The van der Waals surface area contributed by atoms with Crippen molar-refractivity contribution in [1.82, 2.24) is 0 Å². The predicted molar refractivity (Wildman–Crippen MR) is 115 cm³/mol. The summed E-state index contributed by atoms with van der Waals surface area (Å²) in [6.45, 7) is 7.45. The van der Waals surface area contributed by atoms with E-state index in [2.05, 4.69) is 72.9 Å². The van der Waals surface area contributed by atoms with Gasteiger partial charge in [0.1, 0.15) is 13.1 Å². The van der Waals surface area contributed by atoms with Crippen LogP contribution in [0.3, 0.4) is 0 Å². The van der Waals surface area contributed by atoms with Crippen molar-refractivity contribution in [2.24, 2.45) is 10.2 Å². The Morgan fingerprint density at radius 3 is 1.21 bits per heavy atom. The molecule has 0 aromatic heterocycles. The number of rotatable bonds is 6. The van der Waals surface area contributed by atoms with E-state index in [1.807, 2.05) is 0 Å². The van der Waals surface area contributed by atoms with E-state index >= 15 is 0 Å². The van der Waals surface area contributed by atoms with Gasteiger partial charge in [0.15, 0.2) is 0 Å². The predicted octanol–water partition coefficient (Wildman–Crippen LogP) is 5.58. The van der Waals surface area contributed by atoms with Crippen LogP contribution in [0.5, 0.6) is 0 Å². The van der Waals surface area contributed by atoms with Crippen LogP contribution in [-0.2, 0) is 13.1 Å². The lowest BCUT2D eigenvalue weighted by atomic mass is 10.2. The van der Waals surface area contributed by atoms with E-state index in [4.69, 9.17) is 0 Å². The second kappa shape index (κ2) is 8.14. The number of hydrogen-bond acceptors (Lipinski definition) is 2. The second-order valence-corrected chi connectivity index (χ2v) is 9.40. The Morgan fingerprint density at radius 2 is 0.893 bits per heavy atom. The van der Waals surface area contributed by atoms with E-state index in [0.29, 0.717) is 0 Å². The molecular formula is C24H34N4+2. The lowest BCUT2D eigenvalue weighted by molar-refractivity contribution is -0.910. The van der Waals surface area contributed by atoms with Crippen molar-refractivity contribution in [2.75, 3.05) is 40.3 Å². The van der Waals surface area contributed by atoms with Crippen LogP contribution in [0.1, 0.15) is 36.8 Å². The molecule has 2 aromatic carbocycles. The number of hydrogen-bond donors (Lipinski definition) is 0. The van der Waals surface area contributed by atoms with Crippen molar-refractivity contribution < 1.29 is 8.97 Å². The zero-order chi connectivity index (χ0) is 19.5. The van der Waals surface area contributed by atoms with E-state index in [1.165, 1.54) is 72.0 Å². The smallest absolute Gasteiger partial charge is 0.104 e. The van der Waals surface area contributed by atoms with Crippen LogP contribution >= 0.6 is 0 Å². The summed E-state index contributed by atoms with van der Waals surface area (Å²) in [5.41, 5.74) is 4.64. The number of likely N-dealkylation sites (tertiary alicyclic amines) is 2. The Kier molecular flexibility index (Phi) is 5.61. The highest BCUT2D eigenvalue weighted by atomic mass is 15.3. The molecule has 0 saturated carbocycles. The van der Waals surface area contributed by atoms with E-state index in [9.17, 15) is 0 Å². The molecule has 0 spiro atoms. The Labute approximate surface area is 169 Å². The molecule has 2 saturated heterocycles. The zero-order valence-corrected chi connectivity index (χ0v) is 17.5. The fourth-order valence-corrected chi connectivity index (χ4v) is 4.85.